The molecule has 1 amide bonds. The van der Waals surface area contributed by atoms with Gasteiger partial charge in [0.2, 0.25) is 0 Å². The van der Waals surface area contributed by atoms with Crippen LogP contribution < -0.4 is 11.1 Å². The molecule has 0 bridgehead atoms. The number of halogens is 1. The van der Waals surface area contributed by atoms with Gasteiger partial charge in [-0.1, -0.05) is 12.1 Å². The molecule has 2 aromatic rings. The van der Waals surface area contributed by atoms with E-state index in [1.165, 1.54) is 0 Å². The van der Waals surface area contributed by atoms with Gasteiger partial charge in [0, 0.05) is 10.1 Å². The van der Waals surface area contributed by atoms with Crippen molar-refractivity contribution in [1.82, 2.24) is 9.78 Å². The van der Waals surface area contributed by atoms with Crippen molar-refractivity contribution in [2.45, 2.75) is 20.4 Å². The Labute approximate surface area is 125 Å². The largest absolute Gasteiger partial charge is 0.395 e. The number of aryl methyl sites for hydroxylation is 2. The number of hydrogen-bond donors (Lipinski definition) is 2. The average Bonchev–Trinajstić information content (AvgIpc) is 2.68. The fourth-order valence-electron chi connectivity index (χ4n) is 1.81. The third-order valence-electron chi connectivity index (χ3n) is 2.81. The second kappa shape index (κ2) is 5.60. The standard InChI is InChI=1S/C13H15IN4O/c1-3-18-12(11(15)8(2)17-18)13(19)16-10-7-5-4-6-9(10)14/h4-7H,3,15H2,1-2H3,(H,16,19). The van der Waals surface area contributed by atoms with E-state index < -0.39 is 0 Å². The highest BCUT2D eigenvalue weighted by Crippen LogP contribution is 2.21. The molecular formula is C13H15IN4O. The molecule has 1 aromatic carbocycles. The highest BCUT2D eigenvalue weighted by Gasteiger charge is 2.19. The molecule has 1 aromatic heterocycles. The van der Waals surface area contributed by atoms with Gasteiger partial charge in [-0.3, -0.25) is 9.48 Å². The Morgan fingerprint density at radius 2 is 2.16 bits per heavy atom. The Morgan fingerprint density at radius 1 is 1.47 bits per heavy atom. The van der Waals surface area contributed by atoms with Gasteiger partial charge in [-0.15, -0.1) is 0 Å². The molecule has 0 aliphatic rings. The van der Waals surface area contributed by atoms with Crippen molar-refractivity contribution in [3.63, 3.8) is 0 Å². The number of aromatic nitrogens is 2. The molecule has 2 rings (SSSR count). The normalized spacial score (nSPS) is 10.5. The number of para-hydroxylation sites is 1. The molecule has 1 heterocycles. The SMILES string of the molecule is CCn1nc(C)c(N)c1C(=O)Nc1ccccc1I. The van der Waals surface area contributed by atoms with Gasteiger partial charge >= 0.3 is 0 Å². The third kappa shape index (κ3) is 2.73. The molecule has 0 fully saturated rings. The Kier molecular flexibility index (Phi) is 4.08. The minimum Gasteiger partial charge on any atom is -0.395 e. The van der Waals surface area contributed by atoms with Crippen LogP contribution in [0.15, 0.2) is 24.3 Å². The quantitative estimate of drug-likeness (QED) is 0.816. The smallest absolute Gasteiger partial charge is 0.276 e. The molecule has 0 saturated carbocycles. The average molecular weight is 370 g/mol. The number of amides is 1. The van der Waals surface area contributed by atoms with Crippen LogP contribution in [0.2, 0.25) is 0 Å². The maximum absolute atomic E-state index is 12.3. The zero-order valence-electron chi connectivity index (χ0n) is 10.8. The molecule has 0 spiro atoms. The summed E-state index contributed by atoms with van der Waals surface area (Å²) in [5.41, 5.74) is 8.23. The van der Waals surface area contributed by atoms with Gasteiger partial charge in [-0.2, -0.15) is 5.10 Å². The topological polar surface area (TPSA) is 72.9 Å². The molecule has 0 unspecified atom stereocenters. The van der Waals surface area contributed by atoms with Gasteiger partial charge in [0.15, 0.2) is 0 Å². The first kappa shape index (κ1) is 13.9. The highest BCUT2D eigenvalue weighted by molar-refractivity contribution is 14.1. The molecule has 3 N–H and O–H groups in total. The molecule has 6 heteroatoms. The molecule has 0 aliphatic carbocycles. The predicted molar refractivity (Wildman–Crippen MR) is 84.2 cm³/mol. The minimum atomic E-state index is -0.232. The van der Waals surface area contributed by atoms with Crippen LogP contribution in [0.4, 0.5) is 11.4 Å². The van der Waals surface area contributed by atoms with Crippen molar-refractivity contribution >= 4 is 39.9 Å². The van der Waals surface area contributed by atoms with Crippen LogP contribution in [0.3, 0.4) is 0 Å². The first-order valence-corrected chi connectivity index (χ1v) is 7.01. The summed E-state index contributed by atoms with van der Waals surface area (Å²) in [6.45, 7) is 4.33. The number of anilines is 2. The maximum atomic E-state index is 12.3. The number of nitrogens with zero attached hydrogens (tertiary/aromatic N) is 2. The van der Waals surface area contributed by atoms with Crippen molar-refractivity contribution < 1.29 is 4.79 Å². The monoisotopic (exact) mass is 370 g/mol. The third-order valence-corrected chi connectivity index (χ3v) is 3.75. The summed E-state index contributed by atoms with van der Waals surface area (Å²) in [6.07, 6.45) is 0. The van der Waals surface area contributed by atoms with Gasteiger partial charge in [0.05, 0.1) is 17.1 Å². The lowest BCUT2D eigenvalue weighted by molar-refractivity contribution is 0.101. The van der Waals surface area contributed by atoms with Gasteiger partial charge in [0.25, 0.3) is 5.91 Å². The summed E-state index contributed by atoms with van der Waals surface area (Å²) in [4.78, 5) is 12.3. The summed E-state index contributed by atoms with van der Waals surface area (Å²) < 4.78 is 2.60. The van der Waals surface area contributed by atoms with E-state index in [1.54, 1.807) is 11.6 Å². The second-order valence-corrected chi connectivity index (χ2v) is 5.26. The summed E-state index contributed by atoms with van der Waals surface area (Å²) in [5, 5.41) is 7.11. The van der Waals surface area contributed by atoms with E-state index in [0.29, 0.717) is 23.6 Å². The first-order chi connectivity index (χ1) is 9.04. The van der Waals surface area contributed by atoms with Crippen LogP contribution in [-0.4, -0.2) is 15.7 Å². The number of hydrogen-bond acceptors (Lipinski definition) is 3. The van der Waals surface area contributed by atoms with Crippen LogP contribution in [0.25, 0.3) is 0 Å². The van der Waals surface area contributed by atoms with Crippen molar-refractivity contribution in [3.8, 4) is 0 Å². The Bertz CT molecular complexity index is 621. The number of nitrogen functional groups attached to an aromatic ring is 1. The van der Waals surface area contributed by atoms with Crippen molar-refractivity contribution in [3.05, 3.63) is 39.2 Å². The molecule has 0 saturated heterocycles. The van der Waals surface area contributed by atoms with Gasteiger partial charge in [-0.05, 0) is 48.6 Å². The van der Waals surface area contributed by atoms with Gasteiger partial charge in [0.1, 0.15) is 5.69 Å². The van der Waals surface area contributed by atoms with Crippen molar-refractivity contribution in [1.29, 1.82) is 0 Å². The summed E-state index contributed by atoms with van der Waals surface area (Å²) in [5.74, 6) is -0.232. The summed E-state index contributed by atoms with van der Waals surface area (Å²) >= 11 is 2.18. The van der Waals surface area contributed by atoms with Gasteiger partial charge < -0.3 is 11.1 Å². The van der Waals surface area contributed by atoms with Crippen LogP contribution in [0.1, 0.15) is 23.1 Å². The van der Waals surface area contributed by atoms with E-state index in [4.69, 9.17) is 5.73 Å². The van der Waals surface area contributed by atoms with Crippen molar-refractivity contribution in [2.75, 3.05) is 11.1 Å². The Balaban J connectivity index is 2.33. The zero-order valence-corrected chi connectivity index (χ0v) is 12.9. The van der Waals surface area contributed by atoms with Crippen LogP contribution in [0, 0.1) is 10.5 Å². The fraction of sp³-hybridized carbons (Fsp3) is 0.231. The molecule has 19 heavy (non-hydrogen) atoms. The van der Waals surface area contributed by atoms with Gasteiger partial charge in [-0.25, -0.2) is 0 Å². The number of carbonyl (C=O) groups is 1. The lowest BCUT2D eigenvalue weighted by Crippen LogP contribution is -2.19. The van der Waals surface area contributed by atoms with E-state index in [2.05, 4.69) is 33.0 Å². The molecule has 0 radical (unpaired) electrons. The number of carbonyl (C=O) groups excluding carboxylic acids is 1. The number of nitrogens with one attached hydrogen (secondary N) is 1. The second-order valence-electron chi connectivity index (χ2n) is 4.10. The number of rotatable bonds is 3. The molecule has 5 nitrogen and oxygen atoms in total. The van der Waals surface area contributed by atoms with E-state index in [9.17, 15) is 4.79 Å². The van der Waals surface area contributed by atoms with Crippen LogP contribution >= 0.6 is 22.6 Å². The number of nitrogens with two attached hydrogens (primary N) is 1. The Morgan fingerprint density at radius 3 is 2.79 bits per heavy atom. The number of benzene rings is 1. The maximum Gasteiger partial charge on any atom is 0.276 e. The molecular weight excluding hydrogens is 355 g/mol. The molecule has 0 aliphatic heterocycles. The van der Waals surface area contributed by atoms with Crippen molar-refractivity contribution in [2.24, 2.45) is 0 Å². The summed E-state index contributed by atoms with van der Waals surface area (Å²) in [6, 6.07) is 7.59. The van der Waals surface area contributed by atoms with E-state index in [-0.39, 0.29) is 5.91 Å². The fourth-order valence-corrected chi connectivity index (χ4v) is 2.33. The molecule has 100 valence electrons. The van der Waals surface area contributed by atoms with E-state index in [1.807, 2.05) is 31.2 Å². The first-order valence-electron chi connectivity index (χ1n) is 5.93. The highest BCUT2D eigenvalue weighted by atomic mass is 127. The van der Waals surface area contributed by atoms with E-state index in [0.717, 1.165) is 9.26 Å². The minimum absolute atomic E-state index is 0.232. The van der Waals surface area contributed by atoms with Crippen LogP contribution in [0.5, 0.6) is 0 Å². The Hall–Kier alpha value is -1.57. The van der Waals surface area contributed by atoms with Crippen LogP contribution in [-0.2, 0) is 6.54 Å². The lowest BCUT2D eigenvalue weighted by Gasteiger charge is -2.09. The lowest BCUT2D eigenvalue weighted by atomic mass is 10.2. The predicted octanol–water partition coefficient (Wildman–Crippen LogP) is 2.65. The van der Waals surface area contributed by atoms with E-state index >= 15 is 0 Å². The summed E-state index contributed by atoms with van der Waals surface area (Å²) in [7, 11) is 0. The molecule has 0 atom stereocenters. The zero-order chi connectivity index (χ0) is 14.0.